The third kappa shape index (κ3) is 3.33. The molecule has 1 aromatic carbocycles. The summed E-state index contributed by atoms with van der Waals surface area (Å²) in [6.45, 7) is 3.78. The lowest BCUT2D eigenvalue weighted by Gasteiger charge is -2.08. The van der Waals surface area contributed by atoms with E-state index in [2.05, 4.69) is 26.2 Å². The minimum atomic E-state index is -0.181. The second-order valence-corrected chi connectivity index (χ2v) is 5.48. The Labute approximate surface area is 125 Å². The van der Waals surface area contributed by atoms with Crippen molar-refractivity contribution in [1.29, 1.82) is 0 Å². The third-order valence-corrected chi connectivity index (χ3v) is 3.73. The number of nitrogens with zero attached hydrogens (tertiary/aromatic N) is 1. The van der Waals surface area contributed by atoms with Crippen molar-refractivity contribution in [3.63, 3.8) is 0 Å². The highest BCUT2D eigenvalue weighted by Gasteiger charge is 2.11. The van der Waals surface area contributed by atoms with Crippen LogP contribution in [0, 0.1) is 13.8 Å². The molecular weight excluding hydrogens is 328 g/mol. The first-order valence-corrected chi connectivity index (χ1v) is 6.84. The predicted octanol–water partition coefficient (Wildman–Crippen LogP) is 4.37. The molecule has 0 aliphatic rings. The lowest BCUT2D eigenvalue weighted by molar-refractivity contribution is 0.102. The minimum Gasteiger partial charge on any atom is -0.321 e. The van der Waals surface area contributed by atoms with Crippen LogP contribution in [0.25, 0.3) is 0 Å². The molecule has 1 N–H and O–H groups in total. The zero-order valence-corrected chi connectivity index (χ0v) is 12.8. The number of nitrogens with one attached hydrogen (secondary N) is 1. The summed E-state index contributed by atoms with van der Waals surface area (Å²) in [5.74, 6) is -0.181. The van der Waals surface area contributed by atoms with Crippen molar-refractivity contribution in [2.45, 2.75) is 13.8 Å². The predicted molar refractivity (Wildman–Crippen MR) is 80.8 cm³/mol. The van der Waals surface area contributed by atoms with Crippen LogP contribution in [0.2, 0.25) is 5.15 Å². The van der Waals surface area contributed by atoms with E-state index in [1.165, 1.54) is 6.20 Å². The Morgan fingerprint density at radius 3 is 2.74 bits per heavy atom. The van der Waals surface area contributed by atoms with Crippen LogP contribution >= 0.6 is 27.5 Å². The molecule has 0 aliphatic carbocycles. The Balaban J connectivity index is 2.25. The first-order valence-electron chi connectivity index (χ1n) is 5.67. The van der Waals surface area contributed by atoms with Gasteiger partial charge in [-0.05, 0) is 53.5 Å². The number of hydrogen-bond donors (Lipinski definition) is 1. The number of aryl methyl sites for hydroxylation is 2. The number of halogens is 2. The fraction of sp³-hybridized carbons (Fsp3) is 0.143. The van der Waals surface area contributed by atoms with E-state index in [1.807, 2.05) is 32.0 Å². The van der Waals surface area contributed by atoms with Crippen LogP contribution in [0.1, 0.15) is 21.5 Å². The lowest BCUT2D eigenvalue weighted by Crippen LogP contribution is -2.13. The average Bonchev–Trinajstić information content (AvgIpc) is 2.36. The molecule has 1 amide bonds. The molecule has 2 aromatic rings. The standard InChI is InChI=1S/C14H12BrClN2O/c1-8-3-4-12(15)11(5-8)14(19)18-10-6-9(2)13(16)17-7-10/h3-7H,1-2H3,(H,18,19). The molecular formula is C14H12BrClN2O. The molecule has 5 heteroatoms. The molecule has 1 aromatic heterocycles. The number of pyridine rings is 1. The van der Waals surface area contributed by atoms with Crippen molar-refractivity contribution in [3.05, 3.63) is 56.8 Å². The van der Waals surface area contributed by atoms with Crippen LogP contribution in [0.5, 0.6) is 0 Å². The van der Waals surface area contributed by atoms with Crippen molar-refractivity contribution in [2.75, 3.05) is 5.32 Å². The first kappa shape index (κ1) is 14.0. The number of amides is 1. The fourth-order valence-electron chi connectivity index (χ4n) is 1.64. The zero-order chi connectivity index (χ0) is 14.0. The van der Waals surface area contributed by atoms with Gasteiger partial charge in [0.2, 0.25) is 0 Å². The molecule has 0 unspecified atom stereocenters. The number of hydrogen-bond acceptors (Lipinski definition) is 2. The van der Waals surface area contributed by atoms with Gasteiger partial charge in [-0.25, -0.2) is 4.98 Å². The lowest BCUT2D eigenvalue weighted by atomic mass is 10.1. The number of rotatable bonds is 2. The van der Waals surface area contributed by atoms with Gasteiger partial charge in [-0.15, -0.1) is 0 Å². The van der Waals surface area contributed by atoms with Crippen molar-refractivity contribution >= 4 is 39.1 Å². The van der Waals surface area contributed by atoms with Crippen LogP contribution in [0.3, 0.4) is 0 Å². The van der Waals surface area contributed by atoms with Crippen LogP contribution in [0.4, 0.5) is 5.69 Å². The summed E-state index contributed by atoms with van der Waals surface area (Å²) in [6.07, 6.45) is 1.54. The Morgan fingerprint density at radius 1 is 1.32 bits per heavy atom. The zero-order valence-electron chi connectivity index (χ0n) is 10.5. The highest BCUT2D eigenvalue weighted by Crippen LogP contribution is 2.21. The van der Waals surface area contributed by atoms with E-state index in [0.29, 0.717) is 16.4 Å². The highest BCUT2D eigenvalue weighted by atomic mass is 79.9. The number of benzene rings is 1. The van der Waals surface area contributed by atoms with Crippen molar-refractivity contribution in [3.8, 4) is 0 Å². The molecule has 19 heavy (non-hydrogen) atoms. The van der Waals surface area contributed by atoms with E-state index in [0.717, 1.165) is 15.6 Å². The Bertz CT molecular complexity index is 643. The molecule has 98 valence electrons. The molecule has 0 atom stereocenters. The quantitative estimate of drug-likeness (QED) is 0.826. The van der Waals surface area contributed by atoms with E-state index >= 15 is 0 Å². The number of anilines is 1. The van der Waals surface area contributed by atoms with Gasteiger partial charge in [0.05, 0.1) is 17.4 Å². The molecule has 0 saturated carbocycles. The van der Waals surface area contributed by atoms with E-state index in [-0.39, 0.29) is 5.91 Å². The highest BCUT2D eigenvalue weighted by molar-refractivity contribution is 9.10. The Kier molecular flexibility index (Phi) is 4.22. The van der Waals surface area contributed by atoms with Crippen LogP contribution in [0.15, 0.2) is 34.9 Å². The topological polar surface area (TPSA) is 42.0 Å². The Morgan fingerprint density at radius 2 is 2.05 bits per heavy atom. The van der Waals surface area contributed by atoms with Gasteiger partial charge in [-0.3, -0.25) is 4.79 Å². The maximum absolute atomic E-state index is 12.2. The first-order chi connectivity index (χ1) is 8.97. The summed E-state index contributed by atoms with van der Waals surface area (Å²) in [7, 11) is 0. The summed E-state index contributed by atoms with van der Waals surface area (Å²) < 4.78 is 0.759. The Hall–Kier alpha value is -1.39. The van der Waals surface area contributed by atoms with Gasteiger partial charge in [-0.2, -0.15) is 0 Å². The van der Waals surface area contributed by atoms with Crippen molar-refractivity contribution in [1.82, 2.24) is 4.98 Å². The molecule has 3 nitrogen and oxygen atoms in total. The summed E-state index contributed by atoms with van der Waals surface area (Å²) in [5.41, 5.74) is 3.06. The summed E-state index contributed by atoms with van der Waals surface area (Å²) in [5, 5.41) is 3.24. The SMILES string of the molecule is Cc1ccc(Br)c(C(=O)Nc2cnc(Cl)c(C)c2)c1. The molecule has 0 radical (unpaired) electrons. The van der Waals surface area contributed by atoms with E-state index in [9.17, 15) is 4.79 Å². The summed E-state index contributed by atoms with van der Waals surface area (Å²) >= 11 is 9.22. The third-order valence-electron chi connectivity index (χ3n) is 2.64. The van der Waals surface area contributed by atoms with Crippen LogP contribution in [-0.2, 0) is 0 Å². The van der Waals surface area contributed by atoms with Gasteiger partial charge in [0, 0.05) is 4.47 Å². The van der Waals surface area contributed by atoms with Crippen LogP contribution in [-0.4, -0.2) is 10.9 Å². The van der Waals surface area contributed by atoms with E-state index < -0.39 is 0 Å². The van der Waals surface area contributed by atoms with Crippen molar-refractivity contribution in [2.24, 2.45) is 0 Å². The number of carbonyl (C=O) groups excluding carboxylic acids is 1. The maximum atomic E-state index is 12.2. The monoisotopic (exact) mass is 338 g/mol. The van der Waals surface area contributed by atoms with Gasteiger partial charge in [0.15, 0.2) is 0 Å². The second-order valence-electron chi connectivity index (χ2n) is 4.27. The molecule has 0 saturated heterocycles. The van der Waals surface area contributed by atoms with Crippen LogP contribution < -0.4 is 5.32 Å². The molecule has 1 heterocycles. The molecule has 0 aliphatic heterocycles. The second kappa shape index (κ2) is 5.72. The van der Waals surface area contributed by atoms with Gasteiger partial charge in [0.1, 0.15) is 5.15 Å². The van der Waals surface area contributed by atoms with Crippen molar-refractivity contribution < 1.29 is 4.79 Å². The smallest absolute Gasteiger partial charge is 0.256 e. The molecule has 0 bridgehead atoms. The van der Waals surface area contributed by atoms with E-state index in [1.54, 1.807) is 6.07 Å². The fourth-order valence-corrected chi connectivity index (χ4v) is 2.17. The van der Waals surface area contributed by atoms with Gasteiger partial charge >= 0.3 is 0 Å². The normalized spacial score (nSPS) is 10.3. The summed E-state index contributed by atoms with van der Waals surface area (Å²) in [4.78, 5) is 16.2. The number of aromatic nitrogens is 1. The number of carbonyl (C=O) groups is 1. The largest absolute Gasteiger partial charge is 0.321 e. The van der Waals surface area contributed by atoms with Gasteiger partial charge in [-0.1, -0.05) is 23.2 Å². The minimum absolute atomic E-state index is 0.181. The molecule has 0 spiro atoms. The summed E-state index contributed by atoms with van der Waals surface area (Å²) in [6, 6.07) is 7.41. The van der Waals surface area contributed by atoms with Gasteiger partial charge < -0.3 is 5.32 Å². The maximum Gasteiger partial charge on any atom is 0.256 e. The van der Waals surface area contributed by atoms with Gasteiger partial charge in [0.25, 0.3) is 5.91 Å². The molecule has 0 fully saturated rings. The molecule has 2 rings (SSSR count). The van der Waals surface area contributed by atoms with E-state index in [4.69, 9.17) is 11.6 Å². The average molecular weight is 340 g/mol.